The van der Waals surface area contributed by atoms with E-state index in [1.54, 1.807) is 28.9 Å². The second kappa shape index (κ2) is 9.21. The Kier molecular flexibility index (Phi) is 6.35. The van der Waals surface area contributed by atoms with Gasteiger partial charge in [-0.2, -0.15) is 0 Å². The maximum atomic E-state index is 12.0. The summed E-state index contributed by atoms with van der Waals surface area (Å²) in [7, 11) is -2.00. The minimum absolute atomic E-state index is 0.241. The van der Waals surface area contributed by atoms with Gasteiger partial charge in [-0.15, -0.1) is 16.4 Å². The number of methoxy groups -OCH3 is 1. The Balaban J connectivity index is 1.76. The van der Waals surface area contributed by atoms with Crippen molar-refractivity contribution in [3.8, 4) is 32.6 Å². The molecule has 0 saturated carbocycles. The summed E-state index contributed by atoms with van der Waals surface area (Å²) in [6.45, 7) is 1.75. The highest BCUT2D eigenvalue weighted by Gasteiger charge is 2.17. The van der Waals surface area contributed by atoms with Crippen molar-refractivity contribution >= 4 is 27.1 Å². The van der Waals surface area contributed by atoms with Crippen LogP contribution in [0.1, 0.15) is 5.56 Å². The normalized spacial score (nSPS) is 11.4. The SMILES string of the molecule is COC(=O)COc1cc(-c2ccc(-c3cccc(S(C)(=O)=O)c3)s2)n(-c2ccccc2C)n1. The first kappa shape index (κ1) is 22.8. The number of para-hydroxylation sites is 1. The minimum atomic E-state index is -3.30. The molecule has 33 heavy (non-hydrogen) atoms. The van der Waals surface area contributed by atoms with Crippen LogP contribution in [-0.2, 0) is 19.4 Å². The third-order valence-corrected chi connectivity index (χ3v) is 7.27. The van der Waals surface area contributed by atoms with Crippen LogP contribution in [0.2, 0.25) is 0 Å². The van der Waals surface area contributed by atoms with Crippen LogP contribution in [0.5, 0.6) is 5.88 Å². The Morgan fingerprint density at radius 1 is 1.03 bits per heavy atom. The molecule has 2 aromatic heterocycles. The molecule has 0 spiro atoms. The summed E-state index contributed by atoms with van der Waals surface area (Å²) < 4.78 is 35.9. The highest BCUT2D eigenvalue weighted by atomic mass is 32.2. The van der Waals surface area contributed by atoms with Crippen molar-refractivity contribution in [2.75, 3.05) is 20.0 Å². The van der Waals surface area contributed by atoms with Crippen molar-refractivity contribution in [3.05, 3.63) is 72.3 Å². The average molecular weight is 483 g/mol. The monoisotopic (exact) mass is 482 g/mol. The molecule has 0 N–H and O–H groups in total. The average Bonchev–Trinajstić information content (AvgIpc) is 3.44. The van der Waals surface area contributed by atoms with Crippen LogP contribution in [0.25, 0.3) is 26.7 Å². The fourth-order valence-corrected chi connectivity index (χ4v) is 4.96. The largest absolute Gasteiger partial charge is 0.466 e. The summed E-state index contributed by atoms with van der Waals surface area (Å²) in [6.07, 6.45) is 1.20. The van der Waals surface area contributed by atoms with Gasteiger partial charge in [-0.05, 0) is 48.4 Å². The van der Waals surface area contributed by atoms with Gasteiger partial charge in [0.15, 0.2) is 16.4 Å². The van der Waals surface area contributed by atoms with Crippen LogP contribution in [0.15, 0.2) is 71.6 Å². The molecule has 0 unspecified atom stereocenters. The number of sulfone groups is 1. The first-order valence-corrected chi connectivity index (χ1v) is 12.7. The van der Waals surface area contributed by atoms with Gasteiger partial charge in [0.25, 0.3) is 0 Å². The number of nitrogens with zero attached hydrogens (tertiary/aromatic N) is 2. The van der Waals surface area contributed by atoms with Gasteiger partial charge in [0.1, 0.15) is 0 Å². The molecule has 170 valence electrons. The van der Waals surface area contributed by atoms with Gasteiger partial charge in [-0.25, -0.2) is 17.9 Å². The summed E-state index contributed by atoms with van der Waals surface area (Å²) in [4.78, 5) is 13.6. The van der Waals surface area contributed by atoms with E-state index in [2.05, 4.69) is 9.84 Å². The zero-order chi connectivity index (χ0) is 23.6. The maximum absolute atomic E-state index is 12.0. The molecule has 0 radical (unpaired) electrons. The molecular weight excluding hydrogens is 460 g/mol. The number of aryl methyl sites for hydroxylation is 1. The van der Waals surface area contributed by atoms with E-state index in [9.17, 15) is 13.2 Å². The van der Waals surface area contributed by atoms with Gasteiger partial charge in [-0.3, -0.25) is 0 Å². The van der Waals surface area contributed by atoms with Crippen LogP contribution >= 0.6 is 11.3 Å². The van der Waals surface area contributed by atoms with Crippen LogP contribution in [-0.4, -0.2) is 44.1 Å². The first-order valence-electron chi connectivity index (χ1n) is 10.0. The number of benzene rings is 2. The van der Waals surface area contributed by atoms with E-state index < -0.39 is 15.8 Å². The summed E-state index contributed by atoms with van der Waals surface area (Å²) in [5.74, 6) is -0.196. The smallest absolute Gasteiger partial charge is 0.343 e. The first-order chi connectivity index (χ1) is 15.8. The van der Waals surface area contributed by atoms with E-state index in [-0.39, 0.29) is 11.5 Å². The molecule has 0 aliphatic rings. The van der Waals surface area contributed by atoms with Crippen molar-refractivity contribution in [3.63, 3.8) is 0 Å². The van der Waals surface area contributed by atoms with Gasteiger partial charge in [0.2, 0.25) is 5.88 Å². The number of thiophene rings is 1. The second-order valence-corrected chi connectivity index (χ2v) is 10.5. The molecule has 4 rings (SSSR count). The lowest BCUT2D eigenvalue weighted by molar-refractivity contribution is -0.143. The molecule has 0 saturated heterocycles. The Morgan fingerprint density at radius 3 is 2.52 bits per heavy atom. The number of carbonyl (C=O) groups is 1. The number of ether oxygens (including phenoxy) is 2. The predicted molar refractivity (Wildman–Crippen MR) is 128 cm³/mol. The fraction of sp³-hybridized carbons (Fsp3) is 0.167. The van der Waals surface area contributed by atoms with Crippen molar-refractivity contribution in [1.29, 1.82) is 0 Å². The molecule has 2 heterocycles. The van der Waals surface area contributed by atoms with E-state index in [4.69, 9.17) is 4.74 Å². The lowest BCUT2D eigenvalue weighted by Gasteiger charge is -2.08. The maximum Gasteiger partial charge on any atom is 0.343 e. The molecule has 0 aliphatic heterocycles. The van der Waals surface area contributed by atoms with Crippen molar-refractivity contribution in [2.45, 2.75) is 11.8 Å². The molecule has 4 aromatic rings. The Labute approximate surface area is 196 Å². The summed E-state index contributed by atoms with van der Waals surface area (Å²) in [6, 6.07) is 20.4. The minimum Gasteiger partial charge on any atom is -0.466 e. The molecular formula is C24H22N2O5S2. The van der Waals surface area contributed by atoms with Gasteiger partial charge >= 0.3 is 5.97 Å². The van der Waals surface area contributed by atoms with E-state index in [1.165, 1.54) is 24.7 Å². The highest BCUT2D eigenvalue weighted by molar-refractivity contribution is 7.90. The number of hydrogen-bond donors (Lipinski definition) is 0. The quantitative estimate of drug-likeness (QED) is 0.360. The Hall–Kier alpha value is -3.43. The molecule has 0 atom stereocenters. The summed E-state index contributed by atoms with van der Waals surface area (Å²) in [5, 5.41) is 4.57. The van der Waals surface area contributed by atoms with Crippen molar-refractivity contribution in [2.24, 2.45) is 0 Å². The van der Waals surface area contributed by atoms with Crippen molar-refractivity contribution < 1.29 is 22.7 Å². The molecule has 0 amide bonds. The third-order valence-electron chi connectivity index (χ3n) is 5.00. The third kappa shape index (κ3) is 4.99. The zero-order valence-corrected chi connectivity index (χ0v) is 19.9. The number of esters is 1. The van der Waals surface area contributed by atoms with Crippen LogP contribution in [0.3, 0.4) is 0 Å². The standard InChI is InChI=1S/C24H22N2O5S2/c1-16-7-4-5-10-19(16)26-20(14-23(25-26)31-15-24(27)30-2)22-12-11-21(32-22)17-8-6-9-18(13-17)33(3,28)29/h4-14H,15H2,1-3H3. The van der Waals surface area contributed by atoms with Crippen LogP contribution in [0.4, 0.5) is 0 Å². The topological polar surface area (TPSA) is 87.5 Å². The second-order valence-electron chi connectivity index (χ2n) is 7.39. The van der Waals surface area contributed by atoms with Crippen molar-refractivity contribution in [1.82, 2.24) is 9.78 Å². The van der Waals surface area contributed by atoms with Crippen LogP contribution < -0.4 is 4.74 Å². The summed E-state index contributed by atoms with van der Waals surface area (Å²) >= 11 is 1.51. The van der Waals surface area contributed by atoms with E-state index in [0.29, 0.717) is 5.88 Å². The Bertz CT molecular complexity index is 1420. The van der Waals surface area contributed by atoms with E-state index in [1.807, 2.05) is 49.4 Å². The molecule has 0 aliphatic carbocycles. The highest BCUT2D eigenvalue weighted by Crippen LogP contribution is 2.37. The lowest BCUT2D eigenvalue weighted by atomic mass is 10.2. The molecule has 0 fully saturated rings. The van der Waals surface area contributed by atoms with Gasteiger partial charge in [0.05, 0.1) is 28.3 Å². The number of hydrogen-bond acceptors (Lipinski definition) is 7. The molecule has 0 bridgehead atoms. The molecule has 9 heteroatoms. The zero-order valence-electron chi connectivity index (χ0n) is 18.3. The summed E-state index contributed by atoms with van der Waals surface area (Å²) in [5.41, 5.74) is 3.52. The van der Waals surface area contributed by atoms with Gasteiger partial charge in [0, 0.05) is 17.2 Å². The fourth-order valence-electron chi connectivity index (χ4n) is 3.29. The van der Waals surface area contributed by atoms with Gasteiger partial charge in [-0.1, -0.05) is 30.3 Å². The molecule has 7 nitrogen and oxygen atoms in total. The molecule has 2 aromatic carbocycles. The van der Waals surface area contributed by atoms with Crippen LogP contribution in [0, 0.1) is 6.92 Å². The number of rotatable bonds is 7. The number of aromatic nitrogens is 2. The number of carbonyl (C=O) groups excluding carboxylic acids is 1. The van der Waals surface area contributed by atoms with E-state index >= 15 is 0 Å². The van der Waals surface area contributed by atoms with E-state index in [0.717, 1.165) is 32.3 Å². The predicted octanol–water partition coefficient (Wildman–Crippen LogP) is 4.53. The lowest BCUT2D eigenvalue weighted by Crippen LogP contribution is -2.12. The Morgan fingerprint density at radius 2 is 1.79 bits per heavy atom. The van der Waals surface area contributed by atoms with Gasteiger partial charge < -0.3 is 9.47 Å².